The number of carbonyl (C=O) groups is 2. The number of benzene rings is 2. The number of ether oxygens (including phenoxy) is 2. The quantitative estimate of drug-likeness (QED) is 0.665. The molecule has 0 bridgehead atoms. The van der Waals surface area contributed by atoms with Gasteiger partial charge in [-0.25, -0.2) is 8.78 Å². The van der Waals surface area contributed by atoms with Crippen LogP contribution in [0.25, 0.3) is 0 Å². The summed E-state index contributed by atoms with van der Waals surface area (Å²) >= 11 is 0. The third-order valence-electron chi connectivity index (χ3n) is 6.29. The zero-order valence-electron chi connectivity index (χ0n) is 18.5. The number of hydrogen-bond acceptors (Lipinski definition) is 4. The van der Waals surface area contributed by atoms with E-state index in [4.69, 9.17) is 9.47 Å². The van der Waals surface area contributed by atoms with Crippen molar-refractivity contribution >= 4 is 11.8 Å². The van der Waals surface area contributed by atoms with Crippen LogP contribution in [-0.4, -0.2) is 67.6 Å². The summed E-state index contributed by atoms with van der Waals surface area (Å²) < 4.78 is 39.0. The van der Waals surface area contributed by atoms with E-state index in [1.807, 2.05) is 30.3 Å². The van der Waals surface area contributed by atoms with Crippen LogP contribution in [0.1, 0.15) is 29.6 Å². The van der Waals surface area contributed by atoms with Crippen molar-refractivity contribution in [3.05, 3.63) is 65.7 Å². The van der Waals surface area contributed by atoms with E-state index in [1.54, 1.807) is 9.80 Å². The molecule has 0 N–H and O–H groups in total. The molecule has 2 aromatic carbocycles. The molecule has 4 rings (SSSR count). The first-order valence-electron chi connectivity index (χ1n) is 11.2. The van der Waals surface area contributed by atoms with Crippen molar-refractivity contribution in [2.75, 3.05) is 46.0 Å². The maximum Gasteiger partial charge on any atom is 0.256 e. The molecule has 6 nitrogen and oxygen atoms in total. The van der Waals surface area contributed by atoms with Crippen molar-refractivity contribution in [1.29, 1.82) is 0 Å². The lowest BCUT2D eigenvalue weighted by Crippen LogP contribution is -2.52. The van der Waals surface area contributed by atoms with Gasteiger partial charge in [0, 0.05) is 44.1 Å². The van der Waals surface area contributed by atoms with Gasteiger partial charge in [-0.2, -0.15) is 0 Å². The van der Waals surface area contributed by atoms with E-state index in [0.717, 1.165) is 6.07 Å². The van der Waals surface area contributed by atoms with Gasteiger partial charge in [0.1, 0.15) is 17.4 Å². The number of amides is 2. The molecule has 2 saturated heterocycles. The molecule has 2 aliphatic rings. The van der Waals surface area contributed by atoms with E-state index in [1.165, 1.54) is 6.07 Å². The van der Waals surface area contributed by atoms with Crippen LogP contribution in [-0.2, 0) is 9.53 Å². The van der Waals surface area contributed by atoms with E-state index < -0.39 is 23.0 Å². The molecule has 2 aromatic rings. The van der Waals surface area contributed by atoms with Gasteiger partial charge < -0.3 is 19.3 Å². The lowest BCUT2D eigenvalue weighted by atomic mass is 9.77. The van der Waals surface area contributed by atoms with Crippen LogP contribution in [0.3, 0.4) is 0 Å². The summed E-state index contributed by atoms with van der Waals surface area (Å²) in [5.41, 5.74) is -0.786. The molecule has 176 valence electrons. The van der Waals surface area contributed by atoms with E-state index in [2.05, 4.69) is 0 Å². The minimum atomic E-state index is -0.888. The average molecular weight is 459 g/mol. The van der Waals surface area contributed by atoms with Gasteiger partial charge in [-0.05, 0) is 37.1 Å². The van der Waals surface area contributed by atoms with Gasteiger partial charge >= 0.3 is 0 Å². The lowest BCUT2D eigenvalue weighted by molar-refractivity contribution is -0.139. The molecule has 1 atom stereocenters. The third-order valence-corrected chi connectivity index (χ3v) is 6.29. The summed E-state index contributed by atoms with van der Waals surface area (Å²) in [6, 6.07) is 12.3. The minimum absolute atomic E-state index is 0.00257. The standard InChI is InChI=1S/C25H28F2N2O4/c26-19-7-8-21(22(27)15-19)24(31)29-10-4-9-25(17-29,18-33-20-5-2-1-3-6-20)16-23(30)28-11-13-32-14-12-28/h1-3,5-8,15H,4,9-14,16-18H2. The summed E-state index contributed by atoms with van der Waals surface area (Å²) in [5.74, 6) is -1.44. The number of likely N-dealkylation sites (tertiary alicyclic amines) is 1. The average Bonchev–Trinajstić information content (AvgIpc) is 2.84. The van der Waals surface area contributed by atoms with Crippen molar-refractivity contribution in [1.82, 2.24) is 9.80 Å². The fraction of sp³-hybridized carbons (Fsp3) is 0.440. The van der Waals surface area contributed by atoms with Crippen LogP contribution in [0.5, 0.6) is 5.75 Å². The van der Waals surface area contributed by atoms with Crippen molar-refractivity contribution in [2.24, 2.45) is 5.41 Å². The van der Waals surface area contributed by atoms with Gasteiger partial charge in [-0.1, -0.05) is 18.2 Å². The van der Waals surface area contributed by atoms with Gasteiger partial charge in [0.2, 0.25) is 5.91 Å². The van der Waals surface area contributed by atoms with Gasteiger partial charge in [0.05, 0.1) is 25.4 Å². The Morgan fingerprint density at radius 1 is 1.00 bits per heavy atom. The normalized spacial score (nSPS) is 21.0. The Hall–Kier alpha value is -3.00. The van der Waals surface area contributed by atoms with Crippen molar-refractivity contribution in [2.45, 2.75) is 19.3 Å². The number of carbonyl (C=O) groups excluding carboxylic acids is 2. The summed E-state index contributed by atoms with van der Waals surface area (Å²) in [6.45, 7) is 3.04. The maximum absolute atomic E-state index is 14.3. The van der Waals surface area contributed by atoms with Gasteiger partial charge in [0.25, 0.3) is 5.91 Å². The lowest BCUT2D eigenvalue weighted by Gasteiger charge is -2.43. The SMILES string of the molecule is O=C(CC1(COc2ccccc2)CCCN(C(=O)c2ccc(F)cc2F)C1)N1CCOCC1. The smallest absolute Gasteiger partial charge is 0.256 e. The molecule has 33 heavy (non-hydrogen) atoms. The fourth-order valence-corrected chi connectivity index (χ4v) is 4.53. The highest BCUT2D eigenvalue weighted by atomic mass is 19.1. The third kappa shape index (κ3) is 5.68. The first-order chi connectivity index (χ1) is 16.0. The Morgan fingerprint density at radius 2 is 1.76 bits per heavy atom. The molecule has 8 heteroatoms. The van der Waals surface area contributed by atoms with E-state index in [9.17, 15) is 18.4 Å². The topological polar surface area (TPSA) is 59.1 Å². The predicted molar refractivity (Wildman–Crippen MR) is 118 cm³/mol. The Balaban J connectivity index is 1.54. The monoisotopic (exact) mass is 458 g/mol. The predicted octanol–water partition coefficient (Wildman–Crippen LogP) is 3.52. The number of nitrogens with zero attached hydrogens (tertiary/aromatic N) is 2. The summed E-state index contributed by atoms with van der Waals surface area (Å²) in [4.78, 5) is 29.6. The largest absolute Gasteiger partial charge is 0.493 e. The molecule has 0 aromatic heterocycles. The molecule has 0 spiro atoms. The number of piperidine rings is 1. The Morgan fingerprint density at radius 3 is 2.48 bits per heavy atom. The molecule has 2 heterocycles. The molecule has 0 radical (unpaired) electrons. The van der Waals surface area contributed by atoms with Crippen molar-refractivity contribution < 1.29 is 27.8 Å². The van der Waals surface area contributed by atoms with Crippen LogP contribution in [0.2, 0.25) is 0 Å². The molecular formula is C25H28F2N2O4. The zero-order valence-corrected chi connectivity index (χ0v) is 18.5. The summed E-state index contributed by atoms with van der Waals surface area (Å²) in [5, 5.41) is 0. The maximum atomic E-state index is 14.3. The second kappa shape index (κ2) is 10.3. The second-order valence-corrected chi connectivity index (χ2v) is 8.73. The number of para-hydroxylation sites is 1. The number of hydrogen-bond donors (Lipinski definition) is 0. The summed E-state index contributed by atoms with van der Waals surface area (Å²) in [7, 11) is 0. The Labute approximate surface area is 192 Å². The number of morpholine rings is 1. The van der Waals surface area contributed by atoms with Crippen LogP contribution in [0.4, 0.5) is 8.78 Å². The van der Waals surface area contributed by atoms with Crippen LogP contribution >= 0.6 is 0 Å². The van der Waals surface area contributed by atoms with Gasteiger partial charge in [-0.3, -0.25) is 9.59 Å². The van der Waals surface area contributed by atoms with Gasteiger partial charge in [-0.15, -0.1) is 0 Å². The first-order valence-corrected chi connectivity index (χ1v) is 11.2. The van der Waals surface area contributed by atoms with E-state index in [0.29, 0.717) is 57.5 Å². The molecule has 2 amide bonds. The highest BCUT2D eigenvalue weighted by Crippen LogP contribution is 2.36. The molecule has 1 unspecified atom stereocenters. The number of rotatable bonds is 6. The fourth-order valence-electron chi connectivity index (χ4n) is 4.53. The molecule has 0 aliphatic carbocycles. The minimum Gasteiger partial charge on any atom is -0.493 e. The van der Waals surface area contributed by atoms with Crippen LogP contribution in [0, 0.1) is 17.0 Å². The van der Waals surface area contributed by atoms with Crippen molar-refractivity contribution in [3.8, 4) is 5.75 Å². The highest BCUT2D eigenvalue weighted by molar-refractivity contribution is 5.94. The van der Waals surface area contributed by atoms with E-state index in [-0.39, 0.29) is 31.0 Å². The zero-order chi connectivity index (χ0) is 23.3. The van der Waals surface area contributed by atoms with Crippen LogP contribution < -0.4 is 4.74 Å². The first kappa shape index (κ1) is 23.2. The van der Waals surface area contributed by atoms with Crippen LogP contribution in [0.15, 0.2) is 48.5 Å². The van der Waals surface area contributed by atoms with Gasteiger partial charge in [0.15, 0.2) is 0 Å². The van der Waals surface area contributed by atoms with Crippen molar-refractivity contribution in [3.63, 3.8) is 0 Å². The Kier molecular flexibility index (Phi) is 7.23. The molecular weight excluding hydrogens is 430 g/mol. The Bertz CT molecular complexity index is 982. The highest BCUT2D eigenvalue weighted by Gasteiger charge is 2.41. The molecule has 2 fully saturated rings. The summed E-state index contributed by atoms with van der Waals surface area (Å²) in [6.07, 6.45) is 1.57. The molecule has 0 saturated carbocycles. The second-order valence-electron chi connectivity index (χ2n) is 8.73. The number of halogens is 2. The molecule has 2 aliphatic heterocycles. The van der Waals surface area contributed by atoms with E-state index >= 15 is 0 Å².